The fourth-order valence-corrected chi connectivity index (χ4v) is 3.14. The Hall–Kier alpha value is -0.900. The number of rotatable bonds is 6. The van der Waals surface area contributed by atoms with Crippen molar-refractivity contribution in [3.63, 3.8) is 0 Å². The molecule has 0 saturated carbocycles. The van der Waals surface area contributed by atoms with Crippen LogP contribution < -0.4 is 5.32 Å². The standard InChI is InChI=1S/C17H28N2O/c1-5-18-16(15-8-6-7-13(2)11-15)12-19(4)17-9-10-20-14(17)3/h6-8,11,14,16-18H,5,9-10,12H2,1-4H3. The molecule has 0 aliphatic carbocycles. The van der Waals surface area contributed by atoms with Crippen molar-refractivity contribution < 1.29 is 4.74 Å². The molecule has 1 N–H and O–H groups in total. The van der Waals surface area contributed by atoms with Gasteiger partial charge in [-0.3, -0.25) is 4.90 Å². The molecule has 1 saturated heterocycles. The summed E-state index contributed by atoms with van der Waals surface area (Å²) >= 11 is 0. The van der Waals surface area contributed by atoms with Crippen LogP contribution in [0.3, 0.4) is 0 Å². The number of benzene rings is 1. The van der Waals surface area contributed by atoms with E-state index in [9.17, 15) is 0 Å². The summed E-state index contributed by atoms with van der Waals surface area (Å²) in [7, 11) is 2.22. The molecular formula is C17H28N2O. The molecule has 0 spiro atoms. The minimum atomic E-state index is 0.347. The van der Waals surface area contributed by atoms with Crippen LogP contribution in [0.1, 0.15) is 37.4 Å². The fraction of sp³-hybridized carbons (Fsp3) is 0.647. The van der Waals surface area contributed by atoms with Crippen molar-refractivity contribution in [3.05, 3.63) is 35.4 Å². The first-order valence-corrected chi connectivity index (χ1v) is 7.73. The first kappa shape index (κ1) is 15.5. The van der Waals surface area contributed by atoms with Crippen molar-refractivity contribution in [2.75, 3.05) is 26.7 Å². The summed E-state index contributed by atoms with van der Waals surface area (Å²) < 4.78 is 5.69. The lowest BCUT2D eigenvalue weighted by molar-refractivity contribution is 0.0804. The summed E-state index contributed by atoms with van der Waals surface area (Å²) in [6.07, 6.45) is 1.49. The van der Waals surface area contributed by atoms with Crippen LogP contribution >= 0.6 is 0 Å². The molecule has 3 unspecified atom stereocenters. The Labute approximate surface area is 123 Å². The zero-order valence-electron chi connectivity index (χ0n) is 13.2. The van der Waals surface area contributed by atoms with Gasteiger partial charge in [-0.25, -0.2) is 0 Å². The van der Waals surface area contributed by atoms with Gasteiger partial charge in [-0.2, -0.15) is 0 Å². The summed E-state index contributed by atoms with van der Waals surface area (Å²) in [6, 6.07) is 9.75. The van der Waals surface area contributed by atoms with Gasteiger partial charge in [0.1, 0.15) is 0 Å². The van der Waals surface area contributed by atoms with Crippen LogP contribution in [-0.4, -0.2) is 43.8 Å². The van der Waals surface area contributed by atoms with E-state index in [1.165, 1.54) is 11.1 Å². The molecule has 112 valence electrons. The largest absolute Gasteiger partial charge is 0.377 e. The van der Waals surface area contributed by atoms with E-state index in [2.05, 4.69) is 62.3 Å². The highest BCUT2D eigenvalue weighted by Crippen LogP contribution is 2.22. The van der Waals surface area contributed by atoms with Gasteiger partial charge in [0.15, 0.2) is 0 Å². The van der Waals surface area contributed by atoms with E-state index in [0.29, 0.717) is 18.2 Å². The molecule has 0 radical (unpaired) electrons. The number of nitrogens with zero attached hydrogens (tertiary/aromatic N) is 1. The maximum Gasteiger partial charge on any atom is 0.0702 e. The topological polar surface area (TPSA) is 24.5 Å². The van der Waals surface area contributed by atoms with Crippen LogP contribution in [-0.2, 0) is 4.74 Å². The van der Waals surface area contributed by atoms with Gasteiger partial charge >= 0.3 is 0 Å². The Morgan fingerprint density at radius 3 is 2.85 bits per heavy atom. The summed E-state index contributed by atoms with van der Waals surface area (Å²) in [6.45, 7) is 9.42. The van der Waals surface area contributed by atoms with Crippen LogP contribution in [0.5, 0.6) is 0 Å². The van der Waals surface area contributed by atoms with Gasteiger partial charge in [-0.05, 0) is 39.4 Å². The summed E-state index contributed by atoms with van der Waals surface area (Å²) in [5.74, 6) is 0. The molecule has 3 nitrogen and oxygen atoms in total. The van der Waals surface area contributed by atoms with Gasteiger partial charge in [0.2, 0.25) is 0 Å². The minimum absolute atomic E-state index is 0.347. The molecule has 1 heterocycles. The number of aryl methyl sites for hydroxylation is 1. The van der Waals surface area contributed by atoms with E-state index in [-0.39, 0.29) is 0 Å². The molecule has 0 amide bonds. The van der Waals surface area contributed by atoms with E-state index in [4.69, 9.17) is 4.74 Å². The second kappa shape index (κ2) is 7.21. The summed E-state index contributed by atoms with van der Waals surface area (Å²) in [4.78, 5) is 2.45. The normalized spacial score (nSPS) is 24.2. The third-order valence-corrected chi connectivity index (χ3v) is 4.27. The highest BCUT2D eigenvalue weighted by Gasteiger charge is 2.29. The first-order chi connectivity index (χ1) is 9.61. The molecular weight excluding hydrogens is 248 g/mol. The Kier molecular flexibility index (Phi) is 5.58. The van der Waals surface area contributed by atoms with Gasteiger partial charge in [0, 0.05) is 25.2 Å². The van der Waals surface area contributed by atoms with Crippen LogP contribution in [0.15, 0.2) is 24.3 Å². The molecule has 3 atom stereocenters. The SMILES string of the molecule is CCNC(CN(C)C1CCOC1C)c1cccc(C)c1. The maximum atomic E-state index is 5.69. The van der Waals surface area contributed by atoms with Gasteiger partial charge in [0.25, 0.3) is 0 Å². The van der Waals surface area contributed by atoms with Gasteiger partial charge < -0.3 is 10.1 Å². The van der Waals surface area contributed by atoms with E-state index >= 15 is 0 Å². The molecule has 1 aromatic rings. The van der Waals surface area contributed by atoms with Crippen molar-refractivity contribution in [1.29, 1.82) is 0 Å². The smallest absolute Gasteiger partial charge is 0.0702 e. The molecule has 1 fully saturated rings. The molecule has 1 aromatic carbocycles. The number of likely N-dealkylation sites (N-methyl/N-ethyl adjacent to an activating group) is 2. The second-order valence-electron chi connectivity index (χ2n) is 5.90. The lowest BCUT2D eigenvalue weighted by Crippen LogP contribution is -2.42. The van der Waals surface area contributed by atoms with Gasteiger partial charge in [-0.1, -0.05) is 36.8 Å². The highest BCUT2D eigenvalue weighted by atomic mass is 16.5. The third kappa shape index (κ3) is 3.81. The van der Waals surface area contributed by atoms with E-state index < -0.39 is 0 Å². The predicted octanol–water partition coefficient (Wildman–Crippen LogP) is 2.75. The Morgan fingerprint density at radius 2 is 2.25 bits per heavy atom. The van der Waals surface area contributed by atoms with Crippen LogP contribution in [0.25, 0.3) is 0 Å². The highest BCUT2D eigenvalue weighted by molar-refractivity contribution is 5.25. The quantitative estimate of drug-likeness (QED) is 0.864. The average Bonchev–Trinajstić information content (AvgIpc) is 2.84. The van der Waals surface area contributed by atoms with E-state index in [0.717, 1.165) is 26.1 Å². The number of ether oxygens (including phenoxy) is 1. The van der Waals surface area contributed by atoms with Crippen molar-refractivity contribution in [2.45, 2.75) is 45.4 Å². The molecule has 1 aliphatic heterocycles. The lowest BCUT2D eigenvalue weighted by atomic mass is 10.0. The Bertz CT molecular complexity index is 421. The molecule has 0 bridgehead atoms. The van der Waals surface area contributed by atoms with Crippen molar-refractivity contribution in [1.82, 2.24) is 10.2 Å². The Balaban J connectivity index is 2.05. The monoisotopic (exact) mass is 276 g/mol. The van der Waals surface area contributed by atoms with Gasteiger partial charge in [0.05, 0.1) is 6.10 Å². The van der Waals surface area contributed by atoms with E-state index in [1.807, 2.05) is 0 Å². The zero-order valence-corrected chi connectivity index (χ0v) is 13.2. The fourth-order valence-electron chi connectivity index (χ4n) is 3.14. The van der Waals surface area contributed by atoms with Crippen LogP contribution in [0.2, 0.25) is 0 Å². The summed E-state index contributed by atoms with van der Waals surface area (Å²) in [5, 5.41) is 3.61. The maximum absolute atomic E-state index is 5.69. The number of hydrogen-bond acceptors (Lipinski definition) is 3. The minimum Gasteiger partial charge on any atom is -0.377 e. The van der Waals surface area contributed by atoms with E-state index in [1.54, 1.807) is 0 Å². The first-order valence-electron chi connectivity index (χ1n) is 7.73. The third-order valence-electron chi connectivity index (χ3n) is 4.27. The molecule has 3 heteroatoms. The van der Waals surface area contributed by atoms with Crippen molar-refractivity contribution in [3.8, 4) is 0 Å². The average molecular weight is 276 g/mol. The zero-order chi connectivity index (χ0) is 14.5. The van der Waals surface area contributed by atoms with Crippen molar-refractivity contribution >= 4 is 0 Å². The van der Waals surface area contributed by atoms with Gasteiger partial charge in [-0.15, -0.1) is 0 Å². The van der Waals surface area contributed by atoms with Crippen LogP contribution in [0, 0.1) is 6.92 Å². The second-order valence-corrected chi connectivity index (χ2v) is 5.90. The molecule has 0 aromatic heterocycles. The Morgan fingerprint density at radius 1 is 1.45 bits per heavy atom. The lowest BCUT2D eigenvalue weighted by Gasteiger charge is -2.31. The van der Waals surface area contributed by atoms with Crippen molar-refractivity contribution in [2.24, 2.45) is 0 Å². The van der Waals surface area contributed by atoms with Crippen LogP contribution in [0.4, 0.5) is 0 Å². The number of hydrogen-bond donors (Lipinski definition) is 1. The molecule has 1 aliphatic rings. The molecule has 2 rings (SSSR count). The predicted molar refractivity (Wildman–Crippen MR) is 84.0 cm³/mol. The number of nitrogens with one attached hydrogen (secondary N) is 1. The summed E-state index contributed by atoms with van der Waals surface area (Å²) in [5.41, 5.74) is 2.70. The molecule has 20 heavy (non-hydrogen) atoms.